The third-order valence-corrected chi connectivity index (χ3v) is 6.11. The predicted octanol–water partition coefficient (Wildman–Crippen LogP) is 2.82. The summed E-state index contributed by atoms with van der Waals surface area (Å²) in [5, 5.41) is 17.6. The molecule has 1 saturated heterocycles. The van der Waals surface area contributed by atoms with Crippen molar-refractivity contribution in [2.75, 3.05) is 13.1 Å². The number of nitrogens with one attached hydrogen (secondary N) is 1. The van der Waals surface area contributed by atoms with Gasteiger partial charge in [-0.1, -0.05) is 0 Å². The lowest BCUT2D eigenvalue weighted by Gasteiger charge is -2.33. The molecule has 4 rings (SSSR count). The lowest BCUT2D eigenvalue weighted by atomic mass is 9.90. The van der Waals surface area contributed by atoms with Crippen molar-refractivity contribution < 1.29 is 5.11 Å². The maximum atomic E-state index is 10.6. The van der Waals surface area contributed by atoms with Crippen LogP contribution in [0.25, 0.3) is 10.6 Å². The SMILES string of the molecule is Cn1ccnc1C(O)C1CCN(Cc2ccc(-c3ccn[nH]3)s2)CC1. The van der Waals surface area contributed by atoms with Crippen LogP contribution in [0.2, 0.25) is 0 Å². The topological polar surface area (TPSA) is 70.0 Å². The van der Waals surface area contributed by atoms with Gasteiger partial charge in [-0.15, -0.1) is 11.3 Å². The number of aryl methyl sites for hydroxylation is 1. The van der Waals surface area contributed by atoms with Gasteiger partial charge in [0.1, 0.15) is 11.9 Å². The molecule has 0 spiro atoms. The molecule has 132 valence electrons. The number of likely N-dealkylation sites (tertiary alicyclic amines) is 1. The Hall–Kier alpha value is -1.96. The van der Waals surface area contributed by atoms with E-state index < -0.39 is 6.10 Å². The van der Waals surface area contributed by atoms with Crippen molar-refractivity contribution in [3.63, 3.8) is 0 Å². The lowest BCUT2D eigenvalue weighted by molar-refractivity contribution is 0.0494. The maximum Gasteiger partial charge on any atom is 0.137 e. The number of hydrogen-bond donors (Lipinski definition) is 2. The van der Waals surface area contributed by atoms with E-state index in [-0.39, 0.29) is 0 Å². The van der Waals surface area contributed by atoms with Gasteiger partial charge < -0.3 is 9.67 Å². The third kappa shape index (κ3) is 3.53. The highest BCUT2D eigenvalue weighted by molar-refractivity contribution is 7.15. The molecule has 25 heavy (non-hydrogen) atoms. The number of aliphatic hydroxyl groups is 1. The lowest BCUT2D eigenvalue weighted by Crippen LogP contribution is -2.35. The first-order valence-electron chi connectivity index (χ1n) is 8.67. The number of imidazole rings is 1. The van der Waals surface area contributed by atoms with Gasteiger partial charge in [-0.3, -0.25) is 10.00 Å². The molecule has 0 radical (unpaired) electrons. The van der Waals surface area contributed by atoms with Gasteiger partial charge in [0.05, 0.1) is 10.6 Å². The first-order valence-corrected chi connectivity index (χ1v) is 9.48. The number of aromatic nitrogens is 4. The number of thiophene rings is 1. The average Bonchev–Trinajstić information content (AvgIpc) is 3.36. The number of nitrogens with zero attached hydrogens (tertiary/aromatic N) is 4. The average molecular weight is 357 g/mol. The molecule has 2 N–H and O–H groups in total. The van der Waals surface area contributed by atoms with E-state index in [9.17, 15) is 5.11 Å². The summed E-state index contributed by atoms with van der Waals surface area (Å²) >= 11 is 1.82. The normalized spacial score (nSPS) is 17.8. The van der Waals surface area contributed by atoms with Crippen molar-refractivity contribution in [2.45, 2.75) is 25.5 Å². The zero-order chi connectivity index (χ0) is 17.2. The second kappa shape index (κ2) is 7.11. The van der Waals surface area contributed by atoms with Gasteiger partial charge in [-0.05, 0) is 50.0 Å². The minimum atomic E-state index is -0.462. The molecule has 0 aliphatic carbocycles. The van der Waals surface area contributed by atoms with Crippen LogP contribution in [0, 0.1) is 5.92 Å². The van der Waals surface area contributed by atoms with E-state index in [1.54, 1.807) is 12.4 Å². The second-order valence-corrected chi connectivity index (χ2v) is 7.86. The van der Waals surface area contributed by atoms with E-state index in [4.69, 9.17) is 0 Å². The van der Waals surface area contributed by atoms with Crippen molar-refractivity contribution in [1.29, 1.82) is 0 Å². The number of aliphatic hydroxyl groups excluding tert-OH is 1. The fourth-order valence-electron chi connectivity index (χ4n) is 3.52. The van der Waals surface area contributed by atoms with E-state index in [1.807, 2.05) is 35.2 Å². The van der Waals surface area contributed by atoms with Crippen molar-refractivity contribution >= 4 is 11.3 Å². The number of aromatic amines is 1. The summed E-state index contributed by atoms with van der Waals surface area (Å²) in [5.74, 6) is 1.07. The van der Waals surface area contributed by atoms with Crippen molar-refractivity contribution in [3.8, 4) is 10.6 Å². The molecule has 3 aromatic heterocycles. The van der Waals surface area contributed by atoms with Crippen molar-refractivity contribution in [3.05, 3.63) is 47.5 Å². The molecule has 1 fully saturated rings. The summed E-state index contributed by atoms with van der Waals surface area (Å²) in [7, 11) is 1.94. The largest absolute Gasteiger partial charge is 0.385 e. The Labute approximate surface area is 151 Å². The van der Waals surface area contributed by atoms with Crippen LogP contribution in [-0.2, 0) is 13.6 Å². The molecule has 0 saturated carbocycles. The summed E-state index contributed by atoms with van der Waals surface area (Å²) in [6.07, 6.45) is 6.98. The van der Waals surface area contributed by atoms with Crippen LogP contribution in [-0.4, -0.2) is 42.8 Å². The maximum absolute atomic E-state index is 10.6. The molecule has 1 unspecified atom stereocenters. The Balaban J connectivity index is 1.33. The minimum Gasteiger partial charge on any atom is -0.385 e. The Morgan fingerprint density at radius 2 is 2.12 bits per heavy atom. The van der Waals surface area contributed by atoms with Crippen LogP contribution in [0.15, 0.2) is 36.8 Å². The van der Waals surface area contributed by atoms with E-state index in [2.05, 4.69) is 32.2 Å². The quantitative estimate of drug-likeness (QED) is 0.737. The first kappa shape index (κ1) is 16.5. The zero-order valence-electron chi connectivity index (χ0n) is 14.3. The molecule has 0 aromatic carbocycles. The molecule has 0 bridgehead atoms. The zero-order valence-corrected chi connectivity index (χ0v) is 15.1. The number of piperidine rings is 1. The molecule has 1 aliphatic rings. The molecule has 0 amide bonds. The molecular weight excluding hydrogens is 334 g/mol. The first-order chi connectivity index (χ1) is 12.2. The summed E-state index contributed by atoms with van der Waals surface area (Å²) in [6.45, 7) is 3.01. The molecule has 1 atom stereocenters. The van der Waals surface area contributed by atoms with Gasteiger partial charge in [0.2, 0.25) is 0 Å². The van der Waals surface area contributed by atoms with E-state index in [1.165, 1.54) is 9.75 Å². The van der Waals surface area contributed by atoms with Crippen LogP contribution in [0.3, 0.4) is 0 Å². The van der Waals surface area contributed by atoms with Gasteiger partial charge in [-0.25, -0.2) is 4.98 Å². The molecule has 3 aromatic rings. The Morgan fingerprint density at radius 3 is 2.80 bits per heavy atom. The van der Waals surface area contributed by atoms with Gasteiger partial charge >= 0.3 is 0 Å². The van der Waals surface area contributed by atoms with Crippen LogP contribution >= 0.6 is 11.3 Å². The van der Waals surface area contributed by atoms with Crippen molar-refractivity contribution in [2.24, 2.45) is 13.0 Å². The van der Waals surface area contributed by atoms with E-state index in [0.29, 0.717) is 5.92 Å². The number of H-pyrrole nitrogens is 1. The summed E-state index contributed by atoms with van der Waals surface area (Å²) in [4.78, 5) is 9.37. The number of hydrogen-bond acceptors (Lipinski definition) is 5. The Bertz CT molecular complexity index is 801. The molecule has 6 nitrogen and oxygen atoms in total. The predicted molar refractivity (Wildman–Crippen MR) is 98.1 cm³/mol. The van der Waals surface area contributed by atoms with Gasteiger partial charge in [0.25, 0.3) is 0 Å². The van der Waals surface area contributed by atoms with Crippen LogP contribution in [0.5, 0.6) is 0 Å². The minimum absolute atomic E-state index is 0.293. The molecule has 7 heteroatoms. The van der Waals surface area contributed by atoms with Crippen molar-refractivity contribution in [1.82, 2.24) is 24.6 Å². The highest BCUT2D eigenvalue weighted by Crippen LogP contribution is 2.32. The van der Waals surface area contributed by atoms with E-state index >= 15 is 0 Å². The molecule has 1 aliphatic heterocycles. The highest BCUT2D eigenvalue weighted by atomic mass is 32.1. The van der Waals surface area contributed by atoms with Crippen LogP contribution < -0.4 is 0 Å². The molecular formula is C18H23N5OS. The monoisotopic (exact) mass is 357 g/mol. The highest BCUT2D eigenvalue weighted by Gasteiger charge is 2.28. The third-order valence-electron chi connectivity index (χ3n) is 5.01. The Kier molecular flexibility index (Phi) is 4.70. The summed E-state index contributed by atoms with van der Waals surface area (Å²) < 4.78 is 1.92. The summed E-state index contributed by atoms with van der Waals surface area (Å²) in [5.41, 5.74) is 1.08. The fourth-order valence-corrected chi connectivity index (χ4v) is 4.55. The van der Waals surface area contributed by atoms with Crippen LogP contribution in [0.4, 0.5) is 0 Å². The summed E-state index contributed by atoms with van der Waals surface area (Å²) in [6, 6.07) is 6.36. The van der Waals surface area contributed by atoms with E-state index in [0.717, 1.165) is 44.0 Å². The molecule has 4 heterocycles. The van der Waals surface area contributed by atoms with Gasteiger partial charge in [0.15, 0.2) is 0 Å². The second-order valence-electron chi connectivity index (χ2n) is 6.69. The van der Waals surface area contributed by atoms with Crippen LogP contribution in [0.1, 0.15) is 29.6 Å². The standard InChI is InChI=1S/C18H23N5OS/c1-22-11-8-19-18(22)17(24)13-5-9-23(10-6-13)12-14-2-3-16(25-14)15-4-7-20-21-15/h2-4,7-8,11,13,17,24H,5-6,9-10,12H2,1H3,(H,20,21). The number of rotatable bonds is 5. The van der Waals surface area contributed by atoms with Gasteiger partial charge in [-0.2, -0.15) is 5.10 Å². The fraction of sp³-hybridized carbons (Fsp3) is 0.444. The smallest absolute Gasteiger partial charge is 0.137 e. The Morgan fingerprint density at radius 1 is 1.28 bits per heavy atom. The van der Waals surface area contributed by atoms with Gasteiger partial charge in [0, 0.05) is 37.1 Å².